The molecule has 12 heavy (non-hydrogen) atoms. The van der Waals surface area contributed by atoms with Gasteiger partial charge in [-0.2, -0.15) is 0 Å². The summed E-state index contributed by atoms with van der Waals surface area (Å²) in [5.74, 6) is 0. The molecule has 0 saturated heterocycles. The van der Waals surface area contributed by atoms with Gasteiger partial charge in [-0.05, 0) is 19.1 Å². The Hall–Kier alpha value is -1.71. The topological polar surface area (TPSA) is 56.0 Å². The summed E-state index contributed by atoms with van der Waals surface area (Å²) < 4.78 is 0. The van der Waals surface area contributed by atoms with E-state index in [1.165, 1.54) is 12.3 Å². The lowest BCUT2D eigenvalue weighted by Crippen LogP contribution is -1.92. The first-order chi connectivity index (χ1) is 5.75. The Morgan fingerprint density at radius 1 is 1.67 bits per heavy atom. The average molecular weight is 164 g/mol. The van der Waals surface area contributed by atoms with Crippen molar-refractivity contribution >= 4 is 11.8 Å². The first-order valence-electron chi connectivity index (χ1n) is 3.48. The summed E-state index contributed by atoms with van der Waals surface area (Å²) in [6.07, 6.45) is 4.86. The van der Waals surface area contributed by atoms with E-state index < -0.39 is 4.92 Å². The van der Waals surface area contributed by atoms with Gasteiger partial charge >= 0.3 is 0 Å². The lowest BCUT2D eigenvalue weighted by molar-refractivity contribution is -0.385. The molecule has 0 aliphatic carbocycles. The molecule has 0 fully saturated rings. The molecule has 4 nitrogen and oxygen atoms in total. The molecule has 0 N–H and O–H groups in total. The molecule has 62 valence electrons. The van der Waals surface area contributed by atoms with E-state index in [0.717, 1.165) is 0 Å². The minimum absolute atomic E-state index is 0.0376. The summed E-state index contributed by atoms with van der Waals surface area (Å²) in [7, 11) is 0. The summed E-state index contributed by atoms with van der Waals surface area (Å²) in [5.41, 5.74) is 0.431. The largest absolute Gasteiger partial charge is 0.294 e. The summed E-state index contributed by atoms with van der Waals surface area (Å²) >= 11 is 0. The third-order valence-electron chi connectivity index (χ3n) is 1.34. The highest BCUT2D eigenvalue weighted by Gasteiger charge is 2.09. The van der Waals surface area contributed by atoms with Gasteiger partial charge in [0.05, 0.1) is 4.92 Å². The zero-order valence-electron chi connectivity index (χ0n) is 6.60. The molecular formula is C8H8N2O2. The Balaban J connectivity index is 3.17. The molecule has 0 spiro atoms. The van der Waals surface area contributed by atoms with Crippen LogP contribution < -0.4 is 0 Å². The van der Waals surface area contributed by atoms with Gasteiger partial charge in [0.2, 0.25) is 0 Å². The number of aromatic nitrogens is 1. The molecule has 0 saturated carbocycles. The molecule has 4 heteroatoms. The van der Waals surface area contributed by atoms with Crippen molar-refractivity contribution in [2.24, 2.45) is 0 Å². The van der Waals surface area contributed by atoms with Gasteiger partial charge in [0, 0.05) is 12.3 Å². The van der Waals surface area contributed by atoms with E-state index in [0.29, 0.717) is 5.69 Å². The van der Waals surface area contributed by atoms with Crippen LogP contribution in [0.3, 0.4) is 0 Å². The molecular weight excluding hydrogens is 156 g/mol. The molecule has 1 rings (SSSR count). The standard InChI is InChI=1S/C8H8N2O2/c1-2-4-7-8(10(11)12)5-3-6-9-7/h2-6H,1H3/b4-2-. The Morgan fingerprint density at radius 2 is 2.42 bits per heavy atom. The van der Waals surface area contributed by atoms with E-state index in [-0.39, 0.29) is 5.69 Å². The third-order valence-corrected chi connectivity index (χ3v) is 1.34. The number of nitrogens with zero attached hydrogens (tertiary/aromatic N) is 2. The van der Waals surface area contributed by atoms with Crippen molar-refractivity contribution in [1.29, 1.82) is 0 Å². The Kier molecular flexibility index (Phi) is 2.53. The summed E-state index contributed by atoms with van der Waals surface area (Å²) in [6, 6.07) is 2.98. The predicted molar refractivity (Wildman–Crippen MR) is 45.6 cm³/mol. The number of pyridine rings is 1. The van der Waals surface area contributed by atoms with Gasteiger partial charge in [0.1, 0.15) is 5.69 Å². The molecule has 1 aromatic heterocycles. The van der Waals surface area contributed by atoms with Crippen molar-refractivity contribution in [3.63, 3.8) is 0 Å². The van der Waals surface area contributed by atoms with Crippen LogP contribution >= 0.6 is 0 Å². The van der Waals surface area contributed by atoms with E-state index >= 15 is 0 Å². The fourth-order valence-electron chi connectivity index (χ4n) is 0.850. The molecule has 0 aliphatic rings. The molecule has 0 radical (unpaired) electrons. The molecule has 1 heterocycles. The maximum Gasteiger partial charge on any atom is 0.294 e. The molecule has 0 aliphatic heterocycles. The van der Waals surface area contributed by atoms with Crippen molar-refractivity contribution in [3.05, 3.63) is 40.2 Å². The molecule has 0 atom stereocenters. The van der Waals surface area contributed by atoms with Gasteiger partial charge < -0.3 is 0 Å². The van der Waals surface area contributed by atoms with Crippen LogP contribution in [0.15, 0.2) is 24.4 Å². The van der Waals surface area contributed by atoms with Gasteiger partial charge in [-0.15, -0.1) is 0 Å². The lowest BCUT2D eigenvalue weighted by atomic mass is 10.3. The number of allylic oxidation sites excluding steroid dienone is 1. The number of hydrogen-bond donors (Lipinski definition) is 0. The summed E-state index contributed by atoms with van der Waals surface area (Å²) in [5, 5.41) is 10.4. The molecule has 1 aromatic rings. The van der Waals surface area contributed by atoms with E-state index in [9.17, 15) is 10.1 Å². The van der Waals surface area contributed by atoms with Crippen molar-refractivity contribution in [3.8, 4) is 0 Å². The number of hydrogen-bond acceptors (Lipinski definition) is 3. The van der Waals surface area contributed by atoms with Gasteiger partial charge in [-0.1, -0.05) is 6.08 Å². The molecule has 0 bridgehead atoms. The first-order valence-corrected chi connectivity index (χ1v) is 3.48. The SMILES string of the molecule is C/C=C\c1ncccc1[N+](=O)[O-]. The third kappa shape index (κ3) is 1.66. The highest BCUT2D eigenvalue weighted by atomic mass is 16.6. The minimum atomic E-state index is -0.442. The second kappa shape index (κ2) is 3.61. The zero-order valence-corrected chi connectivity index (χ0v) is 6.60. The quantitative estimate of drug-likeness (QED) is 0.496. The number of nitro groups is 1. The molecule has 0 amide bonds. The monoisotopic (exact) mass is 164 g/mol. The fraction of sp³-hybridized carbons (Fsp3) is 0.125. The summed E-state index contributed by atoms with van der Waals surface area (Å²) in [6.45, 7) is 1.79. The van der Waals surface area contributed by atoms with Crippen LogP contribution in [0.2, 0.25) is 0 Å². The van der Waals surface area contributed by atoms with Crippen molar-refractivity contribution in [1.82, 2.24) is 4.98 Å². The Bertz CT molecular complexity index is 321. The van der Waals surface area contributed by atoms with Crippen LogP contribution in [0.4, 0.5) is 5.69 Å². The van der Waals surface area contributed by atoms with Gasteiger partial charge in [-0.3, -0.25) is 10.1 Å². The second-order valence-corrected chi connectivity index (χ2v) is 2.16. The van der Waals surface area contributed by atoms with Crippen LogP contribution in [0.25, 0.3) is 6.08 Å². The Morgan fingerprint density at radius 3 is 3.00 bits per heavy atom. The smallest absolute Gasteiger partial charge is 0.258 e. The van der Waals surface area contributed by atoms with Crippen molar-refractivity contribution < 1.29 is 4.92 Å². The maximum atomic E-state index is 10.4. The van der Waals surface area contributed by atoms with Crippen molar-refractivity contribution in [2.45, 2.75) is 6.92 Å². The van der Waals surface area contributed by atoms with Crippen LogP contribution in [-0.4, -0.2) is 9.91 Å². The van der Waals surface area contributed by atoms with Crippen LogP contribution in [-0.2, 0) is 0 Å². The molecule has 0 unspecified atom stereocenters. The van der Waals surface area contributed by atoms with Gasteiger partial charge in [-0.25, -0.2) is 4.98 Å². The van der Waals surface area contributed by atoms with Crippen LogP contribution in [0, 0.1) is 10.1 Å². The van der Waals surface area contributed by atoms with Gasteiger partial charge in [0.15, 0.2) is 0 Å². The fourth-order valence-corrected chi connectivity index (χ4v) is 0.850. The van der Waals surface area contributed by atoms with Crippen LogP contribution in [0.1, 0.15) is 12.6 Å². The zero-order chi connectivity index (χ0) is 8.97. The van der Waals surface area contributed by atoms with E-state index in [4.69, 9.17) is 0 Å². The molecule has 0 aromatic carbocycles. The van der Waals surface area contributed by atoms with Gasteiger partial charge in [0.25, 0.3) is 5.69 Å². The normalized spacial score (nSPS) is 10.4. The highest BCUT2D eigenvalue weighted by molar-refractivity contribution is 5.55. The lowest BCUT2D eigenvalue weighted by Gasteiger charge is -1.93. The van der Waals surface area contributed by atoms with E-state index in [2.05, 4.69) is 4.98 Å². The second-order valence-electron chi connectivity index (χ2n) is 2.16. The van der Waals surface area contributed by atoms with Crippen molar-refractivity contribution in [2.75, 3.05) is 0 Å². The predicted octanol–water partition coefficient (Wildman–Crippen LogP) is 2.02. The van der Waals surface area contributed by atoms with Crippen LogP contribution in [0.5, 0.6) is 0 Å². The number of rotatable bonds is 2. The maximum absolute atomic E-state index is 10.4. The minimum Gasteiger partial charge on any atom is -0.258 e. The average Bonchev–Trinajstić information content (AvgIpc) is 2.05. The Labute approximate surface area is 69.7 Å². The van der Waals surface area contributed by atoms with E-state index in [1.54, 1.807) is 25.1 Å². The first kappa shape index (κ1) is 8.39. The highest BCUT2D eigenvalue weighted by Crippen LogP contribution is 2.15. The summed E-state index contributed by atoms with van der Waals surface area (Å²) in [4.78, 5) is 13.8. The van der Waals surface area contributed by atoms with E-state index in [1.807, 2.05) is 0 Å².